The molecule has 1 amide bonds. The third-order valence-electron chi connectivity index (χ3n) is 5.95. The van der Waals surface area contributed by atoms with Crippen molar-refractivity contribution >= 4 is 42.6 Å². The van der Waals surface area contributed by atoms with Crippen LogP contribution in [-0.2, 0) is 16.6 Å². The van der Waals surface area contributed by atoms with Crippen molar-refractivity contribution in [3.05, 3.63) is 78.1 Å². The number of pyridine rings is 1. The molecule has 4 aromatic rings. The quantitative estimate of drug-likeness (QED) is 0.352. The third-order valence-corrected chi connectivity index (χ3v) is 8.91. The lowest BCUT2D eigenvalue weighted by atomic mass is 10.2. The van der Waals surface area contributed by atoms with Gasteiger partial charge in [0.25, 0.3) is 5.91 Å². The molecule has 0 aliphatic heterocycles. The van der Waals surface area contributed by atoms with Crippen molar-refractivity contribution in [2.45, 2.75) is 30.3 Å². The first-order valence-electron chi connectivity index (χ1n) is 11.1. The van der Waals surface area contributed by atoms with Crippen LogP contribution in [0.25, 0.3) is 10.2 Å². The van der Waals surface area contributed by atoms with Gasteiger partial charge in [-0.15, -0.1) is 0 Å². The molecule has 0 radical (unpaired) electrons. The van der Waals surface area contributed by atoms with Gasteiger partial charge in [0.05, 0.1) is 34.5 Å². The Morgan fingerprint density at radius 3 is 2.54 bits per heavy atom. The molecule has 0 bridgehead atoms. The maximum atomic E-state index is 13.6. The molecule has 180 valence electrons. The van der Waals surface area contributed by atoms with Crippen LogP contribution in [-0.4, -0.2) is 48.8 Å². The summed E-state index contributed by atoms with van der Waals surface area (Å²) in [5.74, 6) is 0.421. The standard InChI is InChI=1S/C25H24N4O4S2/c1-28(19-8-9-19)35(31,32)21-11-6-17(7-12-21)24(30)29(16-18-5-3-4-14-26-18)25-27-22-13-10-20(33-2)15-23(22)34-25/h3-7,10-15,19H,8-9,16H2,1-2H3. The van der Waals surface area contributed by atoms with Crippen LogP contribution in [0.1, 0.15) is 28.9 Å². The Bertz CT molecular complexity index is 1470. The summed E-state index contributed by atoms with van der Waals surface area (Å²) < 4.78 is 33.3. The Morgan fingerprint density at radius 2 is 1.89 bits per heavy atom. The summed E-state index contributed by atoms with van der Waals surface area (Å²) in [6.07, 6.45) is 3.43. The lowest BCUT2D eigenvalue weighted by Gasteiger charge is -2.20. The molecule has 8 nitrogen and oxygen atoms in total. The van der Waals surface area contributed by atoms with Gasteiger partial charge in [0.15, 0.2) is 5.13 Å². The summed E-state index contributed by atoms with van der Waals surface area (Å²) in [7, 11) is -0.383. The second kappa shape index (κ2) is 9.37. The van der Waals surface area contributed by atoms with Gasteiger partial charge < -0.3 is 4.74 Å². The molecule has 2 heterocycles. The van der Waals surface area contributed by atoms with E-state index in [4.69, 9.17) is 4.74 Å². The van der Waals surface area contributed by atoms with Crippen LogP contribution in [0.4, 0.5) is 5.13 Å². The fourth-order valence-electron chi connectivity index (χ4n) is 3.74. The van der Waals surface area contributed by atoms with E-state index in [2.05, 4.69) is 9.97 Å². The first-order valence-corrected chi connectivity index (χ1v) is 13.4. The number of anilines is 1. The fourth-order valence-corrected chi connectivity index (χ4v) is 6.15. The number of aromatic nitrogens is 2. The minimum absolute atomic E-state index is 0.0628. The number of ether oxygens (including phenoxy) is 1. The average molecular weight is 509 g/mol. The van der Waals surface area contributed by atoms with Crippen molar-refractivity contribution in [2.75, 3.05) is 19.1 Å². The molecular weight excluding hydrogens is 484 g/mol. The summed E-state index contributed by atoms with van der Waals surface area (Å²) in [4.78, 5) is 24.4. The minimum Gasteiger partial charge on any atom is -0.497 e. The zero-order valence-electron chi connectivity index (χ0n) is 19.3. The molecule has 5 rings (SSSR count). The lowest BCUT2D eigenvalue weighted by Crippen LogP contribution is -2.31. The van der Waals surface area contributed by atoms with E-state index in [0.29, 0.717) is 22.1 Å². The van der Waals surface area contributed by atoms with Gasteiger partial charge in [-0.1, -0.05) is 17.4 Å². The molecule has 0 unspecified atom stereocenters. The van der Waals surface area contributed by atoms with Crippen LogP contribution in [0.2, 0.25) is 0 Å². The predicted octanol–water partition coefficient (Wildman–Crippen LogP) is 4.33. The Hall–Kier alpha value is -3.34. The summed E-state index contributed by atoms with van der Waals surface area (Å²) in [6.45, 7) is 0.223. The second-order valence-electron chi connectivity index (χ2n) is 8.32. The smallest absolute Gasteiger partial charge is 0.260 e. The van der Waals surface area contributed by atoms with E-state index in [1.807, 2.05) is 36.4 Å². The van der Waals surface area contributed by atoms with Gasteiger partial charge in [-0.05, 0) is 67.4 Å². The van der Waals surface area contributed by atoms with Crippen LogP contribution in [0.3, 0.4) is 0 Å². The fraction of sp³-hybridized carbons (Fsp3) is 0.240. The Labute approximate surface area is 207 Å². The maximum Gasteiger partial charge on any atom is 0.260 e. The number of carbonyl (C=O) groups excluding carboxylic acids is 1. The molecule has 0 N–H and O–H groups in total. The van der Waals surface area contributed by atoms with E-state index >= 15 is 0 Å². The molecule has 1 aliphatic carbocycles. The largest absolute Gasteiger partial charge is 0.497 e. The van der Waals surface area contributed by atoms with Gasteiger partial charge in [0, 0.05) is 24.8 Å². The molecule has 10 heteroatoms. The van der Waals surface area contributed by atoms with E-state index in [1.165, 1.54) is 27.8 Å². The topological polar surface area (TPSA) is 92.7 Å². The zero-order valence-corrected chi connectivity index (χ0v) is 20.9. The van der Waals surface area contributed by atoms with Crippen molar-refractivity contribution in [1.29, 1.82) is 0 Å². The van der Waals surface area contributed by atoms with E-state index in [9.17, 15) is 13.2 Å². The molecule has 0 atom stereocenters. The third kappa shape index (κ3) is 4.77. The normalized spacial score (nSPS) is 13.8. The summed E-state index contributed by atoms with van der Waals surface area (Å²) in [5, 5.41) is 0.522. The minimum atomic E-state index is -3.59. The van der Waals surface area contributed by atoms with Crippen molar-refractivity contribution in [2.24, 2.45) is 0 Å². The number of rotatable bonds is 8. The van der Waals surface area contributed by atoms with Crippen molar-refractivity contribution in [3.8, 4) is 5.75 Å². The molecule has 0 spiro atoms. The van der Waals surface area contributed by atoms with Crippen molar-refractivity contribution < 1.29 is 17.9 Å². The molecule has 35 heavy (non-hydrogen) atoms. The lowest BCUT2D eigenvalue weighted by molar-refractivity contribution is 0.0984. The molecule has 2 aromatic heterocycles. The number of amides is 1. The summed E-state index contributed by atoms with van der Waals surface area (Å²) in [6, 6.07) is 17.2. The molecule has 0 saturated heterocycles. The van der Waals surface area contributed by atoms with Crippen molar-refractivity contribution in [3.63, 3.8) is 0 Å². The van der Waals surface area contributed by atoms with Gasteiger partial charge in [0.1, 0.15) is 5.75 Å². The van der Waals surface area contributed by atoms with Crippen LogP contribution in [0.5, 0.6) is 5.75 Å². The molecule has 2 aromatic carbocycles. The molecule has 1 fully saturated rings. The highest BCUT2D eigenvalue weighted by Crippen LogP contribution is 2.33. The molecule has 1 saturated carbocycles. The number of hydrogen-bond acceptors (Lipinski definition) is 7. The van der Waals surface area contributed by atoms with E-state index in [0.717, 1.165) is 23.1 Å². The van der Waals surface area contributed by atoms with Crippen LogP contribution in [0.15, 0.2) is 71.8 Å². The van der Waals surface area contributed by atoms with E-state index in [1.54, 1.807) is 37.4 Å². The zero-order chi connectivity index (χ0) is 24.6. The highest BCUT2D eigenvalue weighted by molar-refractivity contribution is 7.89. The van der Waals surface area contributed by atoms with Gasteiger partial charge in [-0.25, -0.2) is 13.4 Å². The van der Waals surface area contributed by atoms with E-state index in [-0.39, 0.29) is 23.4 Å². The number of benzene rings is 2. The number of carbonyl (C=O) groups is 1. The number of nitrogens with zero attached hydrogens (tertiary/aromatic N) is 4. The SMILES string of the molecule is COc1ccc2nc(N(Cc3ccccn3)C(=O)c3ccc(S(=O)(=O)N(C)C4CC4)cc3)sc2c1. The monoisotopic (exact) mass is 508 g/mol. The van der Waals surface area contributed by atoms with Gasteiger partial charge in [0.2, 0.25) is 10.0 Å². The van der Waals surface area contributed by atoms with Gasteiger partial charge >= 0.3 is 0 Å². The van der Waals surface area contributed by atoms with Gasteiger partial charge in [-0.3, -0.25) is 14.7 Å². The second-order valence-corrected chi connectivity index (χ2v) is 11.3. The van der Waals surface area contributed by atoms with Crippen molar-refractivity contribution in [1.82, 2.24) is 14.3 Å². The number of hydrogen-bond donors (Lipinski definition) is 0. The number of thiazole rings is 1. The van der Waals surface area contributed by atoms with E-state index < -0.39 is 10.0 Å². The highest BCUT2D eigenvalue weighted by atomic mass is 32.2. The molecular formula is C25H24N4O4S2. The Morgan fingerprint density at radius 1 is 1.11 bits per heavy atom. The number of methoxy groups -OCH3 is 1. The van der Waals surface area contributed by atoms with Gasteiger partial charge in [-0.2, -0.15) is 4.31 Å². The first kappa shape index (κ1) is 23.4. The first-order chi connectivity index (χ1) is 16.9. The van der Waals surface area contributed by atoms with Crippen LogP contribution in [0, 0.1) is 0 Å². The van der Waals surface area contributed by atoms with Crippen LogP contribution < -0.4 is 9.64 Å². The Kier molecular flexibility index (Phi) is 6.26. The maximum absolute atomic E-state index is 13.6. The average Bonchev–Trinajstić information content (AvgIpc) is 3.65. The summed E-state index contributed by atoms with van der Waals surface area (Å²) >= 11 is 1.38. The summed E-state index contributed by atoms with van der Waals surface area (Å²) in [5.41, 5.74) is 1.84. The number of sulfonamides is 1. The number of fused-ring (bicyclic) bond motifs is 1. The predicted molar refractivity (Wildman–Crippen MR) is 135 cm³/mol. The van der Waals surface area contributed by atoms with Crippen LogP contribution >= 0.6 is 11.3 Å². The molecule has 1 aliphatic rings. The Balaban J connectivity index is 1.48. The highest BCUT2D eigenvalue weighted by Gasteiger charge is 2.35.